The van der Waals surface area contributed by atoms with Gasteiger partial charge in [0.2, 0.25) is 0 Å². The topological polar surface area (TPSA) is 8.17 Å². The molecule has 0 atom stereocenters. The van der Waals surface area contributed by atoms with Crippen LogP contribution < -0.4 is 4.90 Å². The van der Waals surface area contributed by atoms with E-state index in [2.05, 4.69) is 242 Å². The fourth-order valence-electron chi connectivity index (χ4n) is 10.6. The second kappa shape index (κ2) is 14.2. The first kappa shape index (κ1) is 36.9. The molecule has 2 heterocycles. The molecular weight excluding hydrogens is 793 g/mol. The Hall–Kier alpha value is -7.72. The normalized spacial score (nSPS) is 13.0. The third-order valence-electron chi connectivity index (χ3n) is 13.8. The van der Waals surface area contributed by atoms with Crippen LogP contribution in [-0.2, 0) is 5.41 Å². The van der Waals surface area contributed by atoms with Crippen LogP contribution in [0, 0.1) is 0 Å². The summed E-state index contributed by atoms with van der Waals surface area (Å²) < 4.78 is 5.16. The molecule has 0 radical (unpaired) electrons. The van der Waals surface area contributed by atoms with Crippen LogP contribution in [0.15, 0.2) is 218 Å². The number of para-hydroxylation sites is 1. The Bertz CT molecular complexity index is 3780. The molecule has 0 N–H and O–H groups in total. The average Bonchev–Trinajstić information content (AvgIpc) is 3.96. The Kier molecular flexibility index (Phi) is 8.16. The molecule has 0 fully saturated rings. The maximum atomic E-state index is 2.50. The Labute approximate surface area is 376 Å². The molecule has 10 aromatic carbocycles. The van der Waals surface area contributed by atoms with Gasteiger partial charge in [0.05, 0.1) is 11.0 Å². The van der Waals surface area contributed by atoms with Gasteiger partial charge in [-0.15, -0.1) is 11.3 Å². The van der Waals surface area contributed by atoms with E-state index in [9.17, 15) is 0 Å². The van der Waals surface area contributed by atoms with E-state index in [1.807, 2.05) is 11.3 Å². The number of hydrogen-bond acceptors (Lipinski definition) is 2. The minimum atomic E-state index is -0.0748. The van der Waals surface area contributed by atoms with Crippen molar-refractivity contribution in [2.75, 3.05) is 4.90 Å². The van der Waals surface area contributed by atoms with Crippen molar-refractivity contribution in [3.8, 4) is 39.1 Å². The van der Waals surface area contributed by atoms with Crippen molar-refractivity contribution < 1.29 is 0 Å². The van der Waals surface area contributed by atoms with Crippen LogP contribution in [0.25, 0.3) is 91.8 Å². The maximum absolute atomic E-state index is 2.50. The number of anilines is 3. The minimum Gasteiger partial charge on any atom is -0.311 e. The van der Waals surface area contributed by atoms with E-state index in [-0.39, 0.29) is 5.41 Å². The average molecular weight is 835 g/mol. The van der Waals surface area contributed by atoms with Gasteiger partial charge in [0, 0.05) is 59.1 Å². The first-order chi connectivity index (χ1) is 31.5. The van der Waals surface area contributed by atoms with Crippen molar-refractivity contribution in [2.24, 2.45) is 0 Å². The molecule has 0 saturated carbocycles. The molecule has 0 spiro atoms. The van der Waals surface area contributed by atoms with E-state index < -0.39 is 0 Å². The van der Waals surface area contributed by atoms with Gasteiger partial charge < -0.3 is 9.47 Å². The van der Waals surface area contributed by atoms with Crippen molar-refractivity contribution in [1.29, 1.82) is 0 Å². The Morgan fingerprint density at radius 3 is 1.78 bits per heavy atom. The number of hydrogen-bond donors (Lipinski definition) is 0. The molecular formula is C61H42N2S. The quantitative estimate of drug-likeness (QED) is 0.162. The highest BCUT2D eigenvalue weighted by atomic mass is 32.1. The molecule has 0 saturated heterocycles. The van der Waals surface area contributed by atoms with Gasteiger partial charge in [-0.1, -0.05) is 153 Å². The first-order valence-electron chi connectivity index (χ1n) is 22.2. The van der Waals surface area contributed by atoms with Crippen molar-refractivity contribution in [2.45, 2.75) is 19.3 Å². The molecule has 2 nitrogen and oxygen atoms in total. The molecule has 64 heavy (non-hydrogen) atoms. The van der Waals surface area contributed by atoms with E-state index in [0.29, 0.717) is 0 Å². The smallest absolute Gasteiger partial charge is 0.0548 e. The molecule has 2 aromatic heterocycles. The van der Waals surface area contributed by atoms with Gasteiger partial charge in [0.25, 0.3) is 0 Å². The molecule has 0 amide bonds. The van der Waals surface area contributed by atoms with Crippen molar-refractivity contribution >= 4 is 81.1 Å². The number of thiophene rings is 1. The highest BCUT2D eigenvalue weighted by Crippen LogP contribution is 2.54. The Balaban J connectivity index is 0.889. The van der Waals surface area contributed by atoms with Crippen LogP contribution in [0.5, 0.6) is 0 Å². The summed E-state index contributed by atoms with van der Waals surface area (Å²) in [7, 11) is 0. The molecule has 1 aliphatic rings. The summed E-state index contributed by atoms with van der Waals surface area (Å²) in [6, 6.07) is 80.6. The lowest BCUT2D eigenvalue weighted by atomic mass is 9.82. The Morgan fingerprint density at radius 2 is 1.02 bits per heavy atom. The fraction of sp³-hybridized carbons (Fsp3) is 0.0492. The van der Waals surface area contributed by atoms with Crippen LogP contribution in [-0.4, -0.2) is 4.57 Å². The van der Waals surface area contributed by atoms with Gasteiger partial charge in [0.1, 0.15) is 0 Å². The van der Waals surface area contributed by atoms with Crippen LogP contribution in [0.1, 0.15) is 25.0 Å². The third kappa shape index (κ3) is 5.64. The van der Waals surface area contributed by atoms with Crippen molar-refractivity contribution in [1.82, 2.24) is 4.57 Å². The largest absolute Gasteiger partial charge is 0.311 e. The standard InChI is InChI=1S/C61H42N2S/c1-61(2)53-18-10-8-17-50(53)59-54(61)34-35-55-60(59)52-38-58-51(49-16-9-11-19-57(49)64-58)37-56(52)63(55)48-32-24-41(25-33-48)40-22-28-46(29-23-40)62(45-14-4-3-5-15-45)47-30-26-42(27-31-47)44-21-20-39-12-6-7-13-43(39)36-44/h3-38H,1-2H3. The van der Waals surface area contributed by atoms with Gasteiger partial charge in [0.15, 0.2) is 0 Å². The zero-order valence-electron chi connectivity index (χ0n) is 35.6. The number of nitrogens with zero attached hydrogens (tertiary/aromatic N) is 2. The number of aromatic nitrogens is 1. The van der Waals surface area contributed by atoms with Gasteiger partial charge in [-0.25, -0.2) is 0 Å². The van der Waals surface area contributed by atoms with Gasteiger partial charge >= 0.3 is 0 Å². The maximum Gasteiger partial charge on any atom is 0.0548 e. The van der Waals surface area contributed by atoms with E-state index >= 15 is 0 Å². The van der Waals surface area contributed by atoms with E-state index in [1.165, 1.54) is 97.3 Å². The van der Waals surface area contributed by atoms with Crippen LogP contribution in [0.4, 0.5) is 17.1 Å². The third-order valence-corrected chi connectivity index (χ3v) is 14.9. The van der Waals surface area contributed by atoms with Crippen LogP contribution in [0.3, 0.4) is 0 Å². The molecule has 302 valence electrons. The SMILES string of the molecule is CC1(C)c2ccccc2-c2c1ccc1c2c2cc3sc4ccccc4c3cc2n1-c1ccc(-c2ccc(N(c3ccccc3)c3ccc(-c4ccc5ccccc5c4)cc3)cc2)cc1. The number of rotatable bonds is 6. The molecule has 0 aliphatic heterocycles. The second-order valence-electron chi connectivity index (χ2n) is 17.7. The summed E-state index contributed by atoms with van der Waals surface area (Å²) in [5.41, 5.74) is 17.2. The van der Waals surface area contributed by atoms with E-state index in [4.69, 9.17) is 0 Å². The lowest BCUT2D eigenvalue weighted by molar-refractivity contribution is 0.661. The summed E-state index contributed by atoms with van der Waals surface area (Å²) in [4.78, 5) is 2.34. The molecule has 0 bridgehead atoms. The monoisotopic (exact) mass is 834 g/mol. The fourth-order valence-corrected chi connectivity index (χ4v) is 11.7. The second-order valence-corrected chi connectivity index (χ2v) is 18.8. The van der Waals surface area contributed by atoms with Crippen molar-refractivity contribution in [3.05, 3.63) is 230 Å². The summed E-state index contributed by atoms with van der Waals surface area (Å²) in [6.07, 6.45) is 0. The number of fused-ring (bicyclic) bond motifs is 11. The predicted octanol–water partition coefficient (Wildman–Crippen LogP) is 17.4. The van der Waals surface area contributed by atoms with Crippen molar-refractivity contribution in [3.63, 3.8) is 0 Å². The summed E-state index contributed by atoms with van der Waals surface area (Å²) >= 11 is 1.90. The van der Waals surface area contributed by atoms with Crippen LogP contribution >= 0.6 is 11.3 Å². The predicted molar refractivity (Wildman–Crippen MR) is 274 cm³/mol. The lowest BCUT2D eigenvalue weighted by Crippen LogP contribution is -2.14. The van der Waals surface area contributed by atoms with E-state index in [0.717, 1.165) is 22.7 Å². The molecule has 0 unspecified atom stereocenters. The highest BCUT2D eigenvalue weighted by molar-refractivity contribution is 7.25. The van der Waals surface area contributed by atoms with E-state index in [1.54, 1.807) is 0 Å². The number of benzene rings is 10. The van der Waals surface area contributed by atoms with Gasteiger partial charge in [-0.05, 0) is 134 Å². The summed E-state index contributed by atoms with van der Waals surface area (Å²) in [5, 5.41) is 7.80. The summed E-state index contributed by atoms with van der Waals surface area (Å²) in [6.45, 7) is 4.75. The van der Waals surface area contributed by atoms with Crippen LogP contribution in [0.2, 0.25) is 0 Å². The first-order valence-corrected chi connectivity index (χ1v) is 23.0. The minimum absolute atomic E-state index is 0.0748. The lowest BCUT2D eigenvalue weighted by Gasteiger charge is -2.26. The van der Waals surface area contributed by atoms with Gasteiger partial charge in [-0.3, -0.25) is 0 Å². The zero-order chi connectivity index (χ0) is 42.5. The Morgan fingerprint density at radius 1 is 0.406 bits per heavy atom. The molecule has 13 rings (SSSR count). The highest BCUT2D eigenvalue weighted by Gasteiger charge is 2.37. The molecule has 3 heteroatoms. The van der Waals surface area contributed by atoms with Gasteiger partial charge in [-0.2, -0.15) is 0 Å². The zero-order valence-corrected chi connectivity index (χ0v) is 36.4. The molecule has 12 aromatic rings. The summed E-state index contributed by atoms with van der Waals surface area (Å²) in [5.74, 6) is 0. The molecule has 1 aliphatic carbocycles.